The summed E-state index contributed by atoms with van der Waals surface area (Å²) in [6.45, 7) is 2.85. The van der Waals surface area contributed by atoms with Crippen LogP contribution in [-0.4, -0.2) is 59.7 Å². The van der Waals surface area contributed by atoms with Crippen molar-refractivity contribution in [2.45, 2.75) is 25.8 Å². The van der Waals surface area contributed by atoms with Crippen LogP contribution in [0.15, 0.2) is 24.3 Å². The van der Waals surface area contributed by atoms with Crippen molar-refractivity contribution in [3.8, 4) is 5.75 Å². The van der Waals surface area contributed by atoms with Crippen molar-refractivity contribution in [3.05, 3.63) is 41.5 Å². The van der Waals surface area contributed by atoms with Gasteiger partial charge in [0, 0.05) is 19.6 Å². The molecule has 0 spiro atoms. The summed E-state index contributed by atoms with van der Waals surface area (Å²) >= 11 is 0. The van der Waals surface area contributed by atoms with Crippen LogP contribution in [0.5, 0.6) is 5.75 Å². The van der Waals surface area contributed by atoms with Crippen LogP contribution in [0.3, 0.4) is 0 Å². The highest BCUT2D eigenvalue weighted by atomic mass is 16.5. The fourth-order valence-electron chi connectivity index (χ4n) is 3.73. The molecule has 1 saturated heterocycles. The summed E-state index contributed by atoms with van der Waals surface area (Å²) in [6.07, 6.45) is 2.68. The average Bonchev–Trinajstić information content (AvgIpc) is 3.14. The number of carbonyl (C=O) groups excluding carboxylic acids is 2. The first kappa shape index (κ1) is 18.5. The number of methoxy groups -OCH3 is 1. The lowest BCUT2D eigenvalue weighted by Gasteiger charge is -2.27. The van der Waals surface area contributed by atoms with E-state index < -0.39 is 0 Å². The Morgan fingerprint density at radius 2 is 1.93 bits per heavy atom. The molecule has 1 aromatic heterocycles. The van der Waals surface area contributed by atoms with Crippen LogP contribution in [0.25, 0.3) is 0 Å². The molecule has 8 heteroatoms. The topological polar surface area (TPSA) is 85.7 Å². The number of benzene rings is 1. The number of aromatic nitrogens is 2. The van der Waals surface area contributed by atoms with E-state index in [4.69, 9.17) is 9.47 Å². The molecule has 1 N–H and O–H groups in total. The smallest absolute Gasteiger partial charge is 0.290 e. The Morgan fingerprint density at radius 3 is 2.71 bits per heavy atom. The Hall–Kier alpha value is -2.87. The lowest BCUT2D eigenvalue weighted by Crippen LogP contribution is -2.42. The molecule has 1 fully saturated rings. The van der Waals surface area contributed by atoms with Crippen LogP contribution in [0.4, 0.5) is 5.69 Å². The maximum Gasteiger partial charge on any atom is 0.290 e. The normalized spacial score (nSPS) is 16.4. The van der Waals surface area contributed by atoms with E-state index >= 15 is 0 Å². The largest absolute Gasteiger partial charge is 0.495 e. The Kier molecular flexibility index (Phi) is 5.29. The molecule has 8 nitrogen and oxygen atoms in total. The quantitative estimate of drug-likeness (QED) is 0.871. The molecule has 2 amide bonds. The van der Waals surface area contributed by atoms with Gasteiger partial charge in [-0.25, -0.2) is 4.98 Å². The Bertz CT molecular complexity index is 886. The number of amides is 2. The molecule has 0 aliphatic carbocycles. The third-order valence-electron chi connectivity index (χ3n) is 5.18. The summed E-state index contributed by atoms with van der Waals surface area (Å²) in [6, 6.07) is 7.23. The van der Waals surface area contributed by atoms with Crippen molar-refractivity contribution in [2.24, 2.45) is 0 Å². The molecule has 0 bridgehead atoms. The number of morpholine rings is 1. The minimum atomic E-state index is -0.323. The van der Waals surface area contributed by atoms with Crippen LogP contribution in [0, 0.1) is 0 Å². The van der Waals surface area contributed by atoms with Crippen LogP contribution >= 0.6 is 0 Å². The number of nitrogens with zero attached hydrogens (tertiary/aromatic N) is 3. The predicted octanol–water partition coefficient (Wildman–Crippen LogP) is 1.95. The number of ether oxygens (including phenoxy) is 2. The highest BCUT2D eigenvalue weighted by Crippen LogP contribution is 2.26. The van der Waals surface area contributed by atoms with E-state index in [1.165, 1.54) is 0 Å². The maximum absolute atomic E-state index is 13.0. The van der Waals surface area contributed by atoms with Gasteiger partial charge in [-0.1, -0.05) is 12.1 Å². The third-order valence-corrected chi connectivity index (χ3v) is 5.18. The summed E-state index contributed by atoms with van der Waals surface area (Å²) in [5, 5.41) is 2.87. The van der Waals surface area contributed by atoms with Gasteiger partial charge in [-0.05, 0) is 31.4 Å². The van der Waals surface area contributed by atoms with Gasteiger partial charge in [0.15, 0.2) is 11.5 Å². The summed E-state index contributed by atoms with van der Waals surface area (Å²) < 4.78 is 12.6. The van der Waals surface area contributed by atoms with Gasteiger partial charge < -0.3 is 24.3 Å². The van der Waals surface area contributed by atoms with Crippen LogP contribution in [-0.2, 0) is 17.7 Å². The Balaban J connectivity index is 1.64. The van der Waals surface area contributed by atoms with E-state index in [9.17, 15) is 9.59 Å². The molecule has 2 aromatic rings. The van der Waals surface area contributed by atoms with Crippen molar-refractivity contribution in [1.82, 2.24) is 14.5 Å². The Morgan fingerprint density at radius 1 is 1.14 bits per heavy atom. The molecule has 0 atom stereocenters. The third kappa shape index (κ3) is 3.47. The van der Waals surface area contributed by atoms with Gasteiger partial charge in [0.25, 0.3) is 11.8 Å². The standard InChI is InChI=1S/C20H24N4O4/c1-27-16-8-3-2-6-14(16)21-19(25)17-15-7-4-5-9-24(15)18(22-17)20(26)23-10-12-28-13-11-23/h2-3,6,8H,4-5,7,9-13H2,1H3,(H,21,25). The highest BCUT2D eigenvalue weighted by Gasteiger charge is 2.30. The van der Waals surface area contributed by atoms with E-state index in [0.29, 0.717) is 55.8 Å². The van der Waals surface area contributed by atoms with Gasteiger partial charge >= 0.3 is 0 Å². The van der Waals surface area contributed by atoms with Gasteiger partial charge in [0.1, 0.15) is 5.75 Å². The first-order valence-corrected chi connectivity index (χ1v) is 9.60. The van der Waals surface area contributed by atoms with Crippen molar-refractivity contribution in [1.29, 1.82) is 0 Å². The van der Waals surface area contributed by atoms with Crippen LogP contribution in [0.2, 0.25) is 0 Å². The molecule has 1 aromatic carbocycles. The zero-order valence-corrected chi connectivity index (χ0v) is 15.9. The lowest BCUT2D eigenvalue weighted by atomic mass is 10.1. The molecule has 0 radical (unpaired) electrons. The zero-order valence-electron chi connectivity index (χ0n) is 15.9. The second kappa shape index (κ2) is 8.02. The number of anilines is 1. The predicted molar refractivity (Wildman–Crippen MR) is 103 cm³/mol. The number of rotatable bonds is 4. The molecule has 3 heterocycles. The summed E-state index contributed by atoms with van der Waals surface area (Å²) in [7, 11) is 1.56. The first-order valence-electron chi connectivity index (χ1n) is 9.60. The van der Waals surface area contributed by atoms with Gasteiger partial charge in [-0.2, -0.15) is 0 Å². The van der Waals surface area contributed by atoms with Crippen molar-refractivity contribution in [2.75, 3.05) is 38.7 Å². The molecular formula is C20H24N4O4. The minimum absolute atomic E-state index is 0.136. The van der Waals surface area contributed by atoms with Crippen molar-refractivity contribution < 1.29 is 19.1 Å². The van der Waals surface area contributed by atoms with E-state index in [1.54, 1.807) is 24.1 Å². The number of fused-ring (bicyclic) bond motifs is 1. The van der Waals surface area contributed by atoms with Gasteiger partial charge in [-0.15, -0.1) is 0 Å². The minimum Gasteiger partial charge on any atom is -0.495 e. The first-order chi connectivity index (χ1) is 13.7. The second-order valence-electron chi connectivity index (χ2n) is 6.90. The lowest BCUT2D eigenvalue weighted by molar-refractivity contribution is 0.0291. The fourth-order valence-corrected chi connectivity index (χ4v) is 3.73. The SMILES string of the molecule is COc1ccccc1NC(=O)c1nc(C(=O)N2CCOCC2)n2c1CCCC2. The average molecular weight is 384 g/mol. The fraction of sp³-hybridized carbons (Fsp3) is 0.450. The van der Waals surface area contributed by atoms with Gasteiger partial charge in [0.05, 0.1) is 31.7 Å². The highest BCUT2D eigenvalue weighted by molar-refractivity contribution is 6.05. The molecule has 148 valence electrons. The van der Waals surface area contributed by atoms with Crippen LogP contribution in [0.1, 0.15) is 39.6 Å². The summed E-state index contributed by atoms with van der Waals surface area (Å²) in [5.74, 6) is 0.467. The van der Waals surface area contributed by atoms with Gasteiger partial charge in [0.2, 0.25) is 0 Å². The second-order valence-corrected chi connectivity index (χ2v) is 6.90. The van der Waals surface area contributed by atoms with E-state index in [0.717, 1.165) is 25.0 Å². The van der Waals surface area contributed by atoms with Crippen molar-refractivity contribution in [3.63, 3.8) is 0 Å². The number of hydrogen-bond acceptors (Lipinski definition) is 5. The monoisotopic (exact) mass is 384 g/mol. The van der Waals surface area contributed by atoms with Crippen molar-refractivity contribution >= 4 is 17.5 Å². The number of carbonyl (C=O) groups is 2. The molecule has 28 heavy (non-hydrogen) atoms. The molecule has 2 aliphatic rings. The van der Waals surface area contributed by atoms with E-state index in [-0.39, 0.29) is 11.8 Å². The van der Waals surface area contributed by atoms with Gasteiger partial charge in [-0.3, -0.25) is 9.59 Å². The number of hydrogen-bond donors (Lipinski definition) is 1. The molecular weight excluding hydrogens is 360 g/mol. The summed E-state index contributed by atoms with van der Waals surface area (Å²) in [4.78, 5) is 32.2. The molecule has 0 saturated carbocycles. The Labute approximate surface area is 163 Å². The summed E-state index contributed by atoms with van der Waals surface area (Å²) in [5.41, 5.74) is 1.73. The molecule has 0 unspecified atom stereocenters. The molecule has 4 rings (SSSR count). The van der Waals surface area contributed by atoms with Crippen LogP contribution < -0.4 is 10.1 Å². The number of para-hydroxylation sites is 2. The van der Waals surface area contributed by atoms with E-state index in [1.807, 2.05) is 16.7 Å². The number of imidazole rings is 1. The van der Waals surface area contributed by atoms with E-state index in [2.05, 4.69) is 10.3 Å². The number of nitrogens with one attached hydrogen (secondary N) is 1. The molecule has 2 aliphatic heterocycles. The zero-order chi connectivity index (χ0) is 19.5. The maximum atomic E-state index is 13.0.